The molecule has 1 fully saturated rings. The van der Waals surface area contributed by atoms with Crippen molar-refractivity contribution >= 4 is 23.9 Å². The summed E-state index contributed by atoms with van der Waals surface area (Å²) in [6.45, 7) is 7.81. The van der Waals surface area contributed by atoms with E-state index in [0.29, 0.717) is 52.4 Å². The van der Waals surface area contributed by atoms with Crippen LogP contribution < -0.4 is 0 Å². The zero-order valence-electron chi connectivity index (χ0n) is 23.4. The number of carboxylic acid groups (broad SMARTS) is 2. The van der Waals surface area contributed by atoms with E-state index in [1.165, 1.54) is 7.11 Å². The number of hydrogen-bond acceptors (Lipinski definition) is 10. The molecule has 1 aromatic carbocycles. The topological polar surface area (TPSA) is 140 Å². The van der Waals surface area contributed by atoms with Crippen LogP contribution in [0.3, 0.4) is 0 Å². The lowest BCUT2D eigenvalue weighted by Gasteiger charge is -2.36. The fourth-order valence-corrected chi connectivity index (χ4v) is 4.47. The van der Waals surface area contributed by atoms with Crippen LogP contribution in [0.5, 0.6) is 0 Å². The van der Waals surface area contributed by atoms with Gasteiger partial charge < -0.3 is 19.7 Å². The minimum Gasteiger partial charge on any atom is -0.480 e. The van der Waals surface area contributed by atoms with Gasteiger partial charge >= 0.3 is 23.9 Å². The molecule has 1 aliphatic rings. The number of esters is 2. The van der Waals surface area contributed by atoms with Crippen LogP contribution in [-0.2, 0) is 28.7 Å². The molecular formula is C27H42N4O8. The maximum absolute atomic E-state index is 13.0. The number of benzene rings is 1. The zero-order valence-corrected chi connectivity index (χ0v) is 23.4. The first-order chi connectivity index (χ1) is 18.4. The van der Waals surface area contributed by atoms with E-state index in [4.69, 9.17) is 9.47 Å². The van der Waals surface area contributed by atoms with Crippen molar-refractivity contribution in [2.24, 2.45) is 0 Å². The van der Waals surface area contributed by atoms with E-state index in [1.807, 2.05) is 40.1 Å². The van der Waals surface area contributed by atoms with E-state index >= 15 is 0 Å². The predicted octanol–water partition coefficient (Wildman–Crippen LogP) is 0.633. The summed E-state index contributed by atoms with van der Waals surface area (Å²) in [5.41, 5.74) is 0.0922. The SMILES string of the molecule is COC(=O)C(c1ccccc1)N1CCN(CC(=O)O)CCN(CC(=O)O)CCN(CC(=O)OC(C)(C)C)CC1. The molecule has 1 aromatic rings. The second-order valence-corrected chi connectivity index (χ2v) is 10.6. The molecule has 1 saturated heterocycles. The van der Waals surface area contributed by atoms with Gasteiger partial charge in [0.25, 0.3) is 0 Å². The lowest BCUT2D eigenvalue weighted by Crippen LogP contribution is -2.50. The van der Waals surface area contributed by atoms with Crippen LogP contribution in [0, 0.1) is 0 Å². The van der Waals surface area contributed by atoms with Crippen LogP contribution in [0.1, 0.15) is 32.4 Å². The third-order valence-corrected chi connectivity index (χ3v) is 6.27. The van der Waals surface area contributed by atoms with Crippen molar-refractivity contribution in [3.05, 3.63) is 35.9 Å². The number of carbonyl (C=O) groups is 4. The molecule has 1 aliphatic heterocycles. The first kappa shape index (κ1) is 32.2. The van der Waals surface area contributed by atoms with Crippen LogP contribution in [0.2, 0.25) is 0 Å². The van der Waals surface area contributed by atoms with Crippen LogP contribution in [0.25, 0.3) is 0 Å². The highest BCUT2D eigenvalue weighted by molar-refractivity contribution is 5.77. The van der Waals surface area contributed by atoms with Crippen molar-refractivity contribution < 1.29 is 38.9 Å². The van der Waals surface area contributed by atoms with Crippen molar-refractivity contribution in [3.8, 4) is 0 Å². The van der Waals surface area contributed by atoms with Crippen molar-refractivity contribution in [3.63, 3.8) is 0 Å². The summed E-state index contributed by atoms with van der Waals surface area (Å²) < 4.78 is 10.7. The Kier molecular flexibility index (Phi) is 12.8. The molecule has 1 atom stereocenters. The molecule has 0 aliphatic carbocycles. The van der Waals surface area contributed by atoms with Gasteiger partial charge in [0.2, 0.25) is 0 Å². The summed E-state index contributed by atoms with van der Waals surface area (Å²) in [6.07, 6.45) is 0. The monoisotopic (exact) mass is 550 g/mol. The van der Waals surface area contributed by atoms with Gasteiger partial charge in [-0.2, -0.15) is 0 Å². The van der Waals surface area contributed by atoms with E-state index < -0.39 is 35.5 Å². The molecule has 1 unspecified atom stereocenters. The van der Waals surface area contributed by atoms with E-state index in [1.54, 1.807) is 30.6 Å². The van der Waals surface area contributed by atoms with E-state index in [0.717, 1.165) is 5.56 Å². The molecule has 218 valence electrons. The molecule has 0 amide bonds. The molecule has 2 rings (SSSR count). The number of nitrogens with zero attached hydrogens (tertiary/aromatic N) is 4. The standard InChI is InChI=1S/C27H42N4O8/c1-27(2,3)39-24(36)20-30-13-12-28(18-22(32)33)10-11-29(19-23(34)35)14-16-31(17-15-30)25(26(37)38-4)21-8-6-5-7-9-21/h5-9,25H,10-20H2,1-4H3,(H,32,33)(H,34,35). The summed E-state index contributed by atoms with van der Waals surface area (Å²) in [5.74, 6) is -2.81. The Labute approximate surface area is 230 Å². The third-order valence-electron chi connectivity index (χ3n) is 6.27. The smallest absolute Gasteiger partial charge is 0.327 e. The van der Waals surface area contributed by atoms with Gasteiger partial charge in [-0.15, -0.1) is 0 Å². The first-order valence-corrected chi connectivity index (χ1v) is 13.1. The zero-order chi connectivity index (χ0) is 29.0. The van der Waals surface area contributed by atoms with Crippen LogP contribution in [0.15, 0.2) is 30.3 Å². The highest BCUT2D eigenvalue weighted by atomic mass is 16.6. The molecule has 39 heavy (non-hydrogen) atoms. The highest BCUT2D eigenvalue weighted by Crippen LogP contribution is 2.22. The quantitative estimate of drug-likeness (QED) is 0.417. The van der Waals surface area contributed by atoms with Crippen LogP contribution >= 0.6 is 0 Å². The lowest BCUT2D eigenvalue weighted by atomic mass is 10.0. The second kappa shape index (κ2) is 15.5. The average Bonchev–Trinajstić information content (AvgIpc) is 2.84. The van der Waals surface area contributed by atoms with E-state index in [-0.39, 0.29) is 19.6 Å². The van der Waals surface area contributed by atoms with E-state index in [9.17, 15) is 29.4 Å². The Balaban J connectivity index is 2.37. The molecule has 0 bridgehead atoms. The molecule has 2 N–H and O–H groups in total. The normalized spacial score (nSPS) is 18.4. The first-order valence-electron chi connectivity index (χ1n) is 13.1. The van der Waals surface area contributed by atoms with Gasteiger partial charge in [-0.05, 0) is 26.3 Å². The molecule has 0 aromatic heterocycles. The Morgan fingerprint density at radius 3 is 1.62 bits per heavy atom. The number of carbonyl (C=O) groups excluding carboxylic acids is 2. The van der Waals surface area contributed by atoms with Gasteiger partial charge in [-0.25, -0.2) is 4.79 Å². The summed E-state index contributed by atoms with van der Waals surface area (Å²) in [5, 5.41) is 18.9. The predicted molar refractivity (Wildman–Crippen MR) is 143 cm³/mol. The summed E-state index contributed by atoms with van der Waals surface area (Å²) in [4.78, 5) is 56.0. The lowest BCUT2D eigenvalue weighted by molar-refractivity contribution is -0.156. The number of methoxy groups -OCH3 is 1. The number of carboxylic acids is 2. The van der Waals surface area contributed by atoms with Crippen LogP contribution in [0.4, 0.5) is 0 Å². The largest absolute Gasteiger partial charge is 0.480 e. The fourth-order valence-electron chi connectivity index (χ4n) is 4.47. The number of rotatable bonds is 9. The summed E-state index contributed by atoms with van der Waals surface area (Å²) in [7, 11) is 1.33. The number of ether oxygens (including phenoxy) is 2. The van der Waals surface area contributed by atoms with Crippen molar-refractivity contribution in [2.45, 2.75) is 32.4 Å². The Morgan fingerprint density at radius 2 is 1.21 bits per heavy atom. The van der Waals surface area contributed by atoms with Gasteiger partial charge in [-0.3, -0.25) is 34.0 Å². The Morgan fingerprint density at radius 1 is 0.769 bits per heavy atom. The molecule has 0 spiro atoms. The maximum Gasteiger partial charge on any atom is 0.327 e. The van der Waals surface area contributed by atoms with Gasteiger partial charge in [0.05, 0.1) is 26.7 Å². The summed E-state index contributed by atoms with van der Waals surface area (Å²) in [6, 6.07) is 8.49. The molecule has 1 heterocycles. The fraction of sp³-hybridized carbons (Fsp3) is 0.630. The van der Waals surface area contributed by atoms with Gasteiger partial charge in [0.15, 0.2) is 0 Å². The molecule has 12 heteroatoms. The molecule has 12 nitrogen and oxygen atoms in total. The van der Waals surface area contributed by atoms with Crippen molar-refractivity contribution in [1.29, 1.82) is 0 Å². The van der Waals surface area contributed by atoms with Crippen molar-refractivity contribution in [1.82, 2.24) is 19.6 Å². The minimum absolute atomic E-state index is 0.00535. The molecule has 0 radical (unpaired) electrons. The highest BCUT2D eigenvalue weighted by Gasteiger charge is 2.30. The van der Waals surface area contributed by atoms with Gasteiger partial charge in [0, 0.05) is 52.4 Å². The van der Waals surface area contributed by atoms with Crippen LogP contribution in [-0.4, -0.2) is 138 Å². The molecular weight excluding hydrogens is 508 g/mol. The Hall–Kier alpha value is -3.06. The molecule has 0 saturated carbocycles. The van der Waals surface area contributed by atoms with Crippen molar-refractivity contribution in [2.75, 3.05) is 79.1 Å². The maximum atomic E-state index is 13.0. The second-order valence-electron chi connectivity index (χ2n) is 10.6. The third kappa shape index (κ3) is 12.1. The summed E-state index contributed by atoms with van der Waals surface area (Å²) >= 11 is 0. The Bertz CT molecular complexity index is 953. The number of hydrogen-bond donors (Lipinski definition) is 2. The average molecular weight is 551 g/mol. The number of aliphatic carboxylic acids is 2. The minimum atomic E-state index is -0.991. The van der Waals surface area contributed by atoms with E-state index in [2.05, 4.69) is 0 Å². The van der Waals surface area contributed by atoms with Gasteiger partial charge in [-0.1, -0.05) is 30.3 Å². The van der Waals surface area contributed by atoms with Gasteiger partial charge in [0.1, 0.15) is 11.6 Å².